The van der Waals surface area contributed by atoms with Crippen molar-refractivity contribution < 1.29 is 14.1 Å². The second kappa shape index (κ2) is 7.97. The highest BCUT2D eigenvalue weighted by Gasteiger charge is 2.28. The first-order valence-electron chi connectivity index (χ1n) is 9.11. The van der Waals surface area contributed by atoms with Gasteiger partial charge in [0.25, 0.3) is 17.0 Å². The number of likely N-dealkylation sites (N-methyl/N-ethyl adjacent to an activating group) is 1. The molecule has 0 saturated carbocycles. The van der Waals surface area contributed by atoms with Crippen LogP contribution >= 0.6 is 0 Å². The van der Waals surface area contributed by atoms with Crippen LogP contribution in [0.25, 0.3) is 10.8 Å². The number of anilines is 1. The van der Waals surface area contributed by atoms with Crippen LogP contribution in [-0.4, -0.2) is 53.8 Å². The quantitative estimate of drug-likeness (QED) is 0.411. The van der Waals surface area contributed by atoms with E-state index in [4.69, 9.17) is 0 Å². The summed E-state index contributed by atoms with van der Waals surface area (Å²) in [6, 6.07) is 4.68. The van der Waals surface area contributed by atoms with E-state index in [9.17, 15) is 19.2 Å². The van der Waals surface area contributed by atoms with Crippen LogP contribution in [0.2, 0.25) is 0 Å². The van der Waals surface area contributed by atoms with Gasteiger partial charge < -0.3 is 15.1 Å². The average molecular weight is 390 g/mol. The van der Waals surface area contributed by atoms with Crippen LogP contribution < -0.4 is 21.8 Å². The van der Waals surface area contributed by atoms with Crippen molar-refractivity contribution in [1.29, 1.82) is 0 Å². The van der Waals surface area contributed by atoms with E-state index in [0.717, 1.165) is 0 Å². The summed E-state index contributed by atoms with van der Waals surface area (Å²) in [5.74, 6) is -0.400. The molecule has 28 heavy (non-hydrogen) atoms. The fourth-order valence-corrected chi connectivity index (χ4v) is 2.65. The molecule has 2 rings (SSSR count). The Morgan fingerprint density at radius 3 is 2.39 bits per heavy atom. The summed E-state index contributed by atoms with van der Waals surface area (Å²) in [5.41, 5.74) is -1.14. The third-order valence-corrected chi connectivity index (χ3v) is 4.84. The molecule has 0 fully saturated rings. The van der Waals surface area contributed by atoms with E-state index >= 15 is 0 Å². The van der Waals surface area contributed by atoms with Gasteiger partial charge in [-0.2, -0.15) is 0 Å². The second-order valence-electron chi connectivity index (χ2n) is 8.18. The van der Waals surface area contributed by atoms with Crippen molar-refractivity contribution in [3.05, 3.63) is 38.9 Å². The standard InChI is InChI=1S/C19H27N5O4/c1-6-19(2,3)18(28)20-11-24(4,5)10-14(25)21-13-9-7-8-12-15(13)17(27)23-22-16(12)26/h7-9H,6,10-11H2,1-5H3,(H3-,20,21,22,23,25,26,27,28)/p+1. The van der Waals surface area contributed by atoms with E-state index in [1.807, 2.05) is 34.9 Å². The van der Waals surface area contributed by atoms with Gasteiger partial charge >= 0.3 is 0 Å². The largest absolute Gasteiger partial charge is 0.320 e. The van der Waals surface area contributed by atoms with E-state index in [1.165, 1.54) is 6.07 Å². The zero-order valence-corrected chi connectivity index (χ0v) is 16.9. The number of carbonyl (C=O) groups is 2. The molecule has 152 valence electrons. The smallest absolute Gasteiger partial charge is 0.279 e. The molecule has 1 heterocycles. The predicted molar refractivity (Wildman–Crippen MR) is 108 cm³/mol. The summed E-state index contributed by atoms with van der Waals surface area (Å²) in [7, 11) is 3.64. The summed E-state index contributed by atoms with van der Waals surface area (Å²) in [6.07, 6.45) is 0.710. The number of nitrogens with one attached hydrogen (secondary N) is 4. The molecule has 2 amide bonds. The minimum Gasteiger partial charge on any atom is -0.320 e. The second-order valence-corrected chi connectivity index (χ2v) is 8.18. The highest BCUT2D eigenvalue weighted by Crippen LogP contribution is 2.19. The fraction of sp³-hybridized carbons (Fsp3) is 0.474. The third-order valence-electron chi connectivity index (χ3n) is 4.84. The lowest BCUT2D eigenvalue weighted by Gasteiger charge is -2.31. The van der Waals surface area contributed by atoms with E-state index in [0.29, 0.717) is 6.42 Å². The van der Waals surface area contributed by atoms with Crippen molar-refractivity contribution in [3.63, 3.8) is 0 Å². The Morgan fingerprint density at radius 1 is 1.11 bits per heavy atom. The van der Waals surface area contributed by atoms with Crippen LogP contribution in [-0.2, 0) is 9.59 Å². The average Bonchev–Trinajstić information content (AvgIpc) is 2.62. The third kappa shape index (κ3) is 4.86. The number of aromatic nitrogens is 2. The SMILES string of the molecule is CCC(C)(C)C(=O)NC[N+](C)(C)CC(=O)Nc1cccc2c(=O)[nH][nH]c(=O)c12. The number of hydrogen-bond acceptors (Lipinski definition) is 4. The molecule has 0 aliphatic carbocycles. The molecule has 1 aromatic heterocycles. The van der Waals surface area contributed by atoms with Gasteiger partial charge in [-0.3, -0.25) is 29.4 Å². The maximum Gasteiger partial charge on any atom is 0.279 e. The minimum atomic E-state index is -0.492. The van der Waals surface area contributed by atoms with Crippen molar-refractivity contribution >= 4 is 28.3 Å². The van der Waals surface area contributed by atoms with Crippen molar-refractivity contribution in [3.8, 4) is 0 Å². The van der Waals surface area contributed by atoms with Gasteiger partial charge in [0.15, 0.2) is 13.2 Å². The van der Waals surface area contributed by atoms with Crippen LogP contribution in [0.1, 0.15) is 27.2 Å². The Kier molecular flexibility index (Phi) is 6.08. The zero-order chi connectivity index (χ0) is 21.1. The maximum atomic E-state index is 12.5. The molecular formula is C19H28N5O4+. The minimum absolute atomic E-state index is 0.0681. The van der Waals surface area contributed by atoms with Gasteiger partial charge in [0, 0.05) is 5.41 Å². The van der Waals surface area contributed by atoms with Gasteiger partial charge in [-0.15, -0.1) is 0 Å². The predicted octanol–water partition coefficient (Wildman–Crippen LogP) is 0.741. The first-order chi connectivity index (χ1) is 13.0. The van der Waals surface area contributed by atoms with E-state index < -0.39 is 16.5 Å². The molecule has 0 radical (unpaired) electrons. The Bertz CT molecular complexity index is 1000. The molecule has 2 aromatic rings. The van der Waals surface area contributed by atoms with Crippen LogP contribution in [0.15, 0.2) is 27.8 Å². The van der Waals surface area contributed by atoms with Crippen molar-refractivity contribution in [2.24, 2.45) is 5.41 Å². The highest BCUT2D eigenvalue weighted by atomic mass is 16.2. The number of fused-ring (bicyclic) bond motifs is 1. The number of benzene rings is 1. The van der Waals surface area contributed by atoms with Gasteiger partial charge in [0.1, 0.15) is 0 Å². The molecular weight excluding hydrogens is 362 g/mol. The fourth-order valence-electron chi connectivity index (χ4n) is 2.65. The topological polar surface area (TPSA) is 124 Å². The normalized spacial score (nSPS) is 12.0. The van der Waals surface area contributed by atoms with E-state index in [2.05, 4.69) is 20.8 Å². The summed E-state index contributed by atoms with van der Waals surface area (Å²) < 4.78 is 0.221. The molecule has 9 nitrogen and oxygen atoms in total. The molecule has 0 spiro atoms. The van der Waals surface area contributed by atoms with Crippen LogP contribution in [0.4, 0.5) is 5.69 Å². The van der Waals surface area contributed by atoms with Crippen LogP contribution in [0.5, 0.6) is 0 Å². The molecule has 0 aliphatic rings. The van der Waals surface area contributed by atoms with Gasteiger partial charge in [-0.05, 0) is 18.6 Å². The number of H-pyrrole nitrogens is 2. The van der Waals surface area contributed by atoms with Crippen LogP contribution in [0, 0.1) is 5.41 Å². The number of nitrogens with zero attached hydrogens (tertiary/aromatic N) is 1. The summed E-state index contributed by atoms with van der Waals surface area (Å²) in [4.78, 5) is 48.7. The molecule has 1 aromatic carbocycles. The number of quaternary nitrogens is 1. The number of rotatable bonds is 7. The number of hydrogen-bond donors (Lipinski definition) is 4. The van der Waals surface area contributed by atoms with Gasteiger partial charge in [-0.1, -0.05) is 26.8 Å². The van der Waals surface area contributed by atoms with Crippen LogP contribution in [0.3, 0.4) is 0 Å². The van der Waals surface area contributed by atoms with Gasteiger partial charge in [-0.25, -0.2) is 0 Å². The Hall–Kier alpha value is -2.94. The van der Waals surface area contributed by atoms with Gasteiger partial charge in [0.05, 0.1) is 30.6 Å². The highest BCUT2D eigenvalue weighted by molar-refractivity contribution is 6.01. The van der Waals surface area contributed by atoms with E-state index in [-0.39, 0.29) is 46.0 Å². The van der Waals surface area contributed by atoms with Crippen molar-refractivity contribution in [1.82, 2.24) is 15.5 Å². The molecule has 0 unspecified atom stereocenters. The Morgan fingerprint density at radius 2 is 1.75 bits per heavy atom. The molecule has 0 aliphatic heterocycles. The first-order valence-corrected chi connectivity index (χ1v) is 9.11. The zero-order valence-electron chi connectivity index (χ0n) is 16.9. The van der Waals surface area contributed by atoms with Crippen molar-refractivity contribution in [2.75, 3.05) is 32.6 Å². The van der Waals surface area contributed by atoms with E-state index in [1.54, 1.807) is 12.1 Å². The Labute approximate surface area is 162 Å². The molecule has 0 saturated heterocycles. The molecule has 0 bridgehead atoms. The molecule has 4 N–H and O–H groups in total. The first kappa shape index (κ1) is 21.4. The lowest BCUT2D eigenvalue weighted by molar-refractivity contribution is -0.884. The number of carbonyl (C=O) groups excluding carboxylic acids is 2. The van der Waals surface area contributed by atoms with Gasteiger partial charge in [0.2, 0.25) is 5.91 Å². The Balaban J connectivity index is 2.11. The number of aromatic amines is 2. The molecule has 9 heteroatoms. The monoisotopic (exact) mass is 390 g/mol. The maximum absolute atomic E-state index is 12.5. The van der Waals surface area contributed by atoms with Crippen molar-refractivity contribution in [2.45, 2.75) is 27.2 Å². The molecule has 0 atom stereocenters. The summed E-state index contributed by atoms with van der Waals surface area (Å²) in [5, 5.41) is 10.4. The number of amides is 2. The lowest BCUT2D eigenvalue weighted by atomic mass is 9.89. The lowest BCUT2D eigenvalue weighted by Crippen LogP contribution is -2.53. The summed E-state index contributed by atoms with van der Waals surface area (Å²) in [6.45, 7) is 6.04. The summed E-state index contributed by atoms with van der Waals surface area (Å²) >= 11 is 0.